The molecular weight excluding hydrogens is 331 g/mol. The molecule has 1 aromatic carbocycles. The highest BCUT2D eigenvalue weighted by Crippen LogP contribution is 2.19. The monoisotopic (exact) mass is 344 g/mol. The molecule has 0 aromatic heterocycles. The third kappa shape index (κ3) is 5.50. The third-order valence-corrected chi connectivity index (χ3v) is 2.81. The zero-order valence-corrected chi connectivity index (χ0v) is 12.2. The molecule has 0 aliphatic carbocycles. The van der Waals surface area contributed by atoms with Gasteiger partial charge in [-0.2, -0.15) is 0 Å². The van der Waals surface area contributed by atoms with Crippen LogP contribution in [0.5, 0.6) is 0 Å². The summed E-state index contributed by atoms with van der Waals surface area (Å²) >= 11 is 3.11. The Morgan fingerprint density at radius 2 is 2.15 bits per heavy atom. The summed E-state index contributed by atoms with van der Waals surface area (Å²) in [5.41, 5.74) is 0.0482. The normalized spacial score (nSPS) is 10.3. The molecule has 1 aromatic rings. The largest absolute Gasteiger partial charge is 0.480 e. The highest BCUT2D eigenvalue weighted by molar-refractivity contribution is 9.10. The number of hydrogen-bond acceptors (Lipinski definition) is 3. The van der Waals surface area contributed by atoms with Crippen LogP contribution >= 0.6 is 15.9 Å². The van der Waals surface area contributed by atoms with E-state index >= 15 is 0 Å². The number of rotatable bonds is 7. The zero-order chi connectivity index (χ0) is 15.1. The third-order valence-electron chi connectivity index (χ3n) is 2.32. The van der Waals surface area contributed by atoms with Gasteiger partial charge in [-0.05, 0) is 18.2 Å². The minimum absolute atomic E-state index is 0.0482. The molecule has 1 amide bonds. The van der Waals surface area contributed by atoms with Crippen LogP contribution in [0.15, 0.2) is 35.3 Å². The topological polar surface area (TPSA) is 69.6 Å². The van der Waals surface area contributed by atoms with Crippen molar-refractivity contribution in [3.8, 4) is 0 Å². The molecule has 108 valence electrons. The Kier molecular flexibility index (Phi) is 6.33. The lowest BCUT2D eigenvalue weighted by Gasteiger charge is -2.17. The fourth-order valence-electron chi connectivity index (χ4n) is 1.54. The second-order valence-electron chi connectivity index (χ2n) is 4.02. The summed E-state index contributed by atoms with van der Waals surface area (Å²) in [6, 6.07) is 4.25. The van der Waals surface area contributed by atoms with Crippen molar-refractivity contribution in [2.45, 2.75) is 0 Å². The maximum atomic E-state index is 13.5. The van der Waals surface area contributed by atoms with Gasteiger partial charge >= 0.3 is 5.97 Å². The van der Waals surface area contributed by atoms with Crippen LogP contribution in [0, 0.1) is 5.82 Å². The van der Waals surface area contributed by atoms with E-state index < -0.39 is 17.7 Å². The SMILES string of the molecule is C=CCN(CC(=O)O)CC(=O)Nc1ccc(Br)cc1F. The van der Waals surface area contributed by atoms with Crippen molar-refractivity contribution in [1.29, 1.82) is 0 Å². The van der Waals surface area contributed by atoms with E-state index in [9.17, 15) is 14.0 Å². The molecule has 0 atom stereocenters. The van der Waals surface area contributed by atoms with E-state index in [-0.39, 0.29) is 25.3 Å². The van der Waals surface area contributed by atoms with Gasteiger partial charge in [-0.1, -0.05) is 22.0 Å². The van der Waals surface area contributed by atoms with E-state index in [1.807, 2.05) is 0 Å². The summed E-state index contributed by atoms with van der Waals surface area (Å²) < 4.78 is 14.1. The highest BCUT2D eigenvalue weighted by Gasteiger charge is 2.14. The fourth-order valence-corrected chi connectivity index (χ4v) is 1.88. The Morgan fingerprint density at radius 3 is 2.70 bits per heavy atom. The summed E-state index contributed by atoms with van der Waals surface area (Å²) in [4.78, 5) is 23.8. The molecule has 0 bridgehead atoms. The molecule has 0 unspecified atom stereocenters. The van der Waals surface area contributed by atoms with Gasteiger partial charge in [0, 0.05) is 11.0 Å². The van der Waals surface area contributed by atoms with Crippen molar-refractivity contribution in [3.05, 3.63) is 41.1 Å². The minimum atomic E-state index is -1.05. The van der Waals surface area contributed by atoms with Gasteiger partial charge in [-0.15, -0.1) is 6.58 Å². The molecule has 1 rings (SSSR count). The van der Waals surface area contributed by atoms with E-state index in [0.29, 0.717) is 4.47 Å². The lowest BCUT2D eigenvalue weighted by Crippen LogP contribution is -2.37. The Morgan fingerprint density at radius 1 is 1.45 bits per heavy atom. The number of anilines is 1. The van der Waals surface area contributed by atoms with E-state index in [0.717, 1.165) is 0 Å². The predicted molar refractivity (Wildman–Crippen MR) is 77.0 cm³/mol. The number of hydrogen-bond donors (Lipinski definition) is 2. The molecule has 0 radical (unpaired) electrons. The number of benzene rings is 1. The van der Waals surface area contributed by atoms with Gasteiger partial charge in [0.25, 0.3) is 0 Å². The summed E-state index contributed by atoms with van der Waals surface area (Å²) in [5, 5.41) is 11.1. The molecule has 20 heavy (non-hydrogen) atoms. The summed E-state index contributed by atoms with van der Waals surface area (Å²) in [7, 11) is 0. The minimum Gasteiger partial charge on any atom is -0.480 e. The van der Waals surface area contributed by atoms with Gasteiger partial charge in [0.1, 0.15) is 5.82 Å². The number of carboxylic acid groups (broad SMARTS) is 1. The molecule has 0 fully saturated rings. The first-order chi connectivity index (χ1) is 9.42. The number of nitrogens with zero attached hydrogens (tertiary/aromatic N) is 1. The number of carbonyl (C=O) groups excluding carboxylic acids is 1. The van der Waals surface area contributed by atoms with Crippen molar-refractivity contribution >= 4 is 33.5 Å². The van der Waals surface area contributed by atoms with Crippen LogP contribution in [0.3, 0.4) is 0 Å². The molecule has 5 nitrogen and oxygen atoms in total. The number of nitrogens with one attached hydrogen (secondary N) is 1. The average molecular weight is 345 g/mol. The van der Waals surface area contributed by atoms with E-state index in [2.05, 4.69) is 27.8 Å². The maximum Gasteiger partial charge on any atom is 0.317 e. The molecule has 7 heteroatoms. The lowest BCUT2D eigenvalue weighted by molar-refractivity contribution is -0.138. The van der Waals surface area contributed by atoms with Gasteiger partial charge in [0.05, 0.1) is 18.8 Å². The standard InChI is InChI=1S/C13H14BrFN2O3/c1-2-5-17(8-13(19)20)7-12(18)16-11-4-3-9(14)6-10(11)15/h2-4,6H,1,5,7-8H2,(H,16,18)(H,19,20). The van der Waals surface area contributed by atoms with Crippen LogP contribution in [0.25, 0.3) is 0 Å². The van der Waals surface area contributed by atoms with E-state index in [4.69, 9.17) is 5.11 Å². The second kappa shape index (κ2) is 7.76. The van der Waals surface area contributed by atoms with Gasteiger partial charge < -0.3 is 10.4 Å². The molecule has 0 saturated heterocycles. The number of halogens is 2. The zero-order valence-electron chi connectivity index (χ0n) is 10.6. The molecule has 0 aliphatic rings. The molecule has 0 heterocycles. The summed E-state index contributed by atoms with van der Waals surface area (Å²) in [6.45, 7) is 3.30. The highest BCUT2D eigenvalue weighted by atomic mass is 79.9. The molecule has 0 saturated carbocycles. The average Bonchev–Trinajstić information content (AvgIpc) is 2.32. The van der Waals surface area contributed by atoms with E-state index in [1.165, 1.54) is 23.1 Å². The Balaban J connectivity index is 2.65. The van der Waals surface area contributed by atoms with Crippen molar-refractivity contribution < 1.29 is 19.1 Å². The molecule has 0 aliphatic heterocycles. The van der Waals surface area contributed by atoms with Crippen LogP contribution in [0.2, 0.25) is 0 Å². The first-order valence-corrected chi connectivity index (χ1v) is 6.51. The number of amides is 1. The van der Waals surface area contributed by atoms with Gasteiger partial charge in [0.2, 0.25) is 5.91 Å². The quantitative estimate of drug-likeness (QED) is 0.743. The Bertz CT molecular complexity index is 522. The summed E-state index contributed by atoms with van der Waals surface area (Å²) in [6.07, 6.45) is 1.50. The van der Waals surface area contributed by atoms with Crippen LogP contribution < -0.4 is 5.32 Å². The van der Waals surface area contributed by atoms with Crippen LogP contribution in [0.4, 0.5) is 10.1 Å². The number of aliphatic carboxylic acids is 1. The molecular formula is C13H14BrFN2O3. The molecule has 0 spiro atoms. The van der Waals surface area contributed by atoms with Crippen molar-refractivity contribution in [3.63, 3.8) is 0 Å². The second-order valence-corrected chi connectivity index (χ2v) is 4.94. The van der Waals surface area contributed by atoms with Crippen LogP contribution in [-0.4, -0.2) is 41.5 Å². The van der Waals surface area contributed by atoms with Crippen LogP contribution in [0.1, 0.15) is 0 Å². The Hall–Kier alpha value is -1.73. The van der Waals surface area contributed by atoms with Crippen molar-refractivity contribution in [2.75, 3.05) is 25.0 Å². The maximum absolute atomic E-state index is 13.5. The fraction of sp³-hybridized carbons (Fsp3) is 0.231. The lowest BCUT2D eigenvalue weighted by atomic mass is 10.3. The number of carboxylic acids is 1. The first-order valence-electron chi connectivity index (χ1n) is 5.72. The van der Waals surface area contributed by atoms with Gasteiger partial charge in [-0.3, -0.25) is 14.5 Å². The Labute approximate surface area is 124 Å². The smallest absolute Gasteiger partial charge is 0.317 e. The molecule has 2 N–H and O–H groups in total. The van der Waals surface area contributed by atoms with E-state index in [1.54, 1.807) is 6.07 Å². The van der Waals surface area contributed by atoms with Gasteiger partial charge in [0.15, 0.2) is 0 Å². The predicted octanol–water partition coefficient (Wildman–Crippen LogP) is 2.10. The van der Waals surface area contributed by atoms with Gasteiger partial charge in [-0.25, -0.2) is 4.39 Å². The number of carbonyl (C=O) groups is 2. The van der Waals surface area contributed by atoms with Crippen molar-refractivity contribution in [1.82, 2.24) is 4.90 Å². The van der Waals surface area contributed by atoms with Crippen LogP contribution in [-0.2, 0) is 9.59 Å². The first kappa shape index (κ1) is 16.3. The summed E-state index contributed by atoms with van der Waals surface area (Å²) in [5.74, 6) is -2.11. The van der Waals surface area contributed by atoms with Crippen molar-refractivity contribution in [2.24, 2.45) is 0 Å².